The average molecular weight is 303 g/mol. The van der Waals surface area contributed by atoms with Crippen LogP contribution >= 0.6 is 0 Å². The molecule has 1 aliphatic rings. The van der Waals surface area contributed by atoms with Crippen LogP contribution in [0.4, 0.5) is 11.6 Å². The Kier molecular flexibility index (Phi) is 4.47. The molecule has 0 unspecified atom stereocenters. The number of nitrogens with one attached hydrogen (secondary N) is 1. The maximum atomic E-state index is 5.05. The molecular formula is C14H21N7O. The van der Waals surface area contributed by atoms with Crippen molar-refractivity contribution in [2.24, 2.45) is 0 Å². The van der Waals surface area contributed by atoms with Crippen molar-refractivity contribution >= 4 is 11.6 Å². The molecule has 0 aromatic carbocycles. The van der Waals surface area contributed by atoms with Crippen LogP contribution < -0.4 is 10.2 Å². The number of hydrogen-bond acceptors (Lipinski definition) is 8. The molecule has 3 rings (SSSR count). The van der Waals surface area contributed by atoms with Crippen LogP contribution in [-0.2, 0) is 6.54 Å². The highest BCUT2D eigenvalue weighted by Gasteiger charge is 2.20. The lowest BCUT2D eigenvalue weighted by Crippen LogP contribution is -2.38. The number of hydrogen-bond donors (Lipinski definition) is 1. The van der Waals surface area contributed by atoms with E-state index in [1.807, 2.05) is 25.1 Å². The molecule has 2 aromatic rings. The van der Waals surface area contributed by atoms with Gasteiger partial charge < -0.3 is 14.7 Å². The van der Waals surface area contributed by atoms with Gasteiger partial charge in [0.1, 0.15) is 18.0 Å². The first-order chi connectivity index (χ1) is 10.7. The van der Waals surface area contributed by atoms with Crippen molar-refractivity contribution in [1.29, 1.82) is 0 Å². The predicted octanol–water partition coefficient (Wildman–Crippen LogP) is 1.00. The first kappa shape index (κ1) is 14.7. The summed E-state index contributed by atoms with van der Waals surface area (Å²) in [5, 5.41) is 7.14. The van der Waals surface area contributed by atoms with Crippen LogP contribution in [-0.4, -0.2) is 58.2 Å². The molecule has 0 amide bonds. The molecule has 0 spiro atoms. The molecule has 22 heavy (non-hydrogen) atoms. The monoisotopic (exact) mass is 303 g/mol. The van der Waals surface area contributed by atoms with Crippen LogP contribution in [0.3, 0.4) is 0 Å². The number of nitrogens with zero attached hydrogens (tertiary/aromatic N) is 6. The highest BCUT2D eigenvalue weighted by molar-refractivity contribution is 5.47. The zero-order valence-electron chi connectivity index (χ0n) is 12.9. The molecule has 8 nitrogen and oxygen atoms in total. The zero-order chi connectivity index (χ0) is 15.4. The largest absolute Gasteiger partial charge is 0.367 e. The van der Waals surface area contributed by atoms with Gasteiger partial charge in [-0.1, -0.05) is 5.16 Å². The molecule has 8 heteroatoms. The van der Waals surface area contributed by atoms with Gasteiger partial charge in [0.15, 0.2) is 6.33 Å². The first-order valence-electron chi connectivity index (χ1n) is 7.44. The maximum Gasteiger partial charge on any atom is 0.240 e. The van der Waals surface area contributed by atoms with E-state index in [1.165, 1.54) is 6.33 Å². The van der Waals surface area contributed by atoms with Crippen LogP contribution in [0, 0.1) is 0 Å². The number of anilines is 2. The van der Waals surface area contributed by atoms with E-state index in [0.717, 1.165) is 44.1 Å². The highest BCUT2D eigenvalue weighted by Crippen LogP contribution is 2.18. The summed E-state index contributed by atoms with van der Waals surface area (Å²) < 4.78 is 5.05. The van der Waals surface area contributed by atoms with Crippen molar-refractivity contribution in [2.45, 2.75) is 25.4 Å². The Labute approximate surface area is 129 Å². The lowest BCUT2D eigenvalue weighted by molar-refractivity contribution is 0.186. The molecule has 0 aliphatic carbocycles. The van der Waals surface area contributed by atoms with Gasteiger partial charge in [-0.15, -0.1) is 0 Å². The summed E-state index contributed by atoms with van der Waals surface area (Å²) in [7, 11) is 3.95. The van der Waals surface area contributed by atoms with Crippen molar-refractivity contribution in [3.05, 3.63) is 24.6 Å². The second kappa shape index (κ2) is 6.69. The minimum Gasteiger partial charge on any atom is -0.367 e. The molecule has 0 saturated carbocycles. The summed E-state index contributed by atoms with van der Waals surface area (Å²) in [6, 6.07) is 2.41. The first-order valence-corrected chi connectivity index (χ1v) is 7.44. The average Bonchev–Trinajstić information content (AvgIpc) is 3.02. The standard InChI is InChI=1S/C14H21N7O/c1-20(2)13-7-12(15-9-16-13)19-11-3-5-21(6-4-11)8-14-17-10-18-22-14/h7,9-11H,3-6,8H2,1-2H3,(H,15,16,19). The molecule has 0 atom stereocenters. The smallest absolute Gasteiger partial charge is 0.240 e. The van der Waals surface area contributed by atoms with Gasteiger partial charge in [-0.2, -0.15) is 4.98 Å². The van der Waals surface area contributed by atoms with E-state index < -0.39 is 0 Å². The normalized spacial score (nSPS) is 16.6. The number of aromatic nitrogens is 4. The summed E-state index contributed by atoms with van der Waals surface area (Å²) in [6.07, 6.45) is 5.17. The van der Waals surface area contributed by atoms with E-state index in [2.05, 4.69) is 30.3 Å². The van der Waals surface area contributed by atoms with Crippen LogP contribution in [0.1, 0.15) is 18.7 Å². The second-order valence-electron chi connectivity index (χ2n) is 5.69. The summed E-state index contributed by atoms with van der Waals surface area (Å²) in [6.45, 7) is 2.74. The van der Waals surface area contributed by atoms with Crippen molar-refractivity contribution in [3.63, 3.8) is 0 Å². The Bertz CT molecular complexity index is 579. The van der Waals surface area contributed by atoms with Crippen molar-refractivity contribution in [1.82, 2.24) is 25.0 Å². The topological polar surface area (TPSA) is 83.2 Å². The second-order valence-corrected chi connectivity index (χ2v) is 5.69. The zero-order valence-corrected chi connectivity index (χ0v) is 12.9. The summed E-state index contributed by atoms with van der Waals surface area (Å²) in [5.74, 6) is 2.47. The Morgan fingerprint density at radius 3 is 2.73 bits per heavy atom. The van der Waals surface area contributed by atoms with E-state index in [9.17, 15) is 0 Å². The van der Waals surface area contributed by atoms with Crippen LogP contribution in [0.25, 0.3) is 0 Å². The molecular weight excluding hydrogens is 282 g/mol. The van der Waals surface area contributed by atoms with Crippen LogP contribution in [0.15, 0.2) is 23.2 Å². The summed E-state index contributed by atoms with van der Waals surface area (Å²) in [5.41, 5.74) is 0. The molecule has 1 saturated heterocycles. The van der Waals surface area contributed by atoms with Gasteiger partial charge in [-0.25, -0.2) is 9.97 Å². The van der Waals surface area contributed by atoms with Gasteiger partial charge in [0.2, 0.25) is 5.89 Å². The lowest BCUT2D eigenvalue weighted by Gasteiger charge is -2.31. The molecule has 1 N–H and O–H groups in total. The quantitative estimate of drug-likeness (QED) is 0.876. The predicted molar refractivity (Wildman–Crippen MR) is 82.6 cm³/mol. The minimum atomic E-state index is 0.434. The molecule has 2 aromatic heterocycles. The molecule has 1 fully saturated rings. The van der Waals surface area contributed by atoms with Gasteiger partial charge in [0.25, 0.3) is 0 Å². The Balaban J connectivity index is 1.50. The van der Waals surface area contributed by atoms with E-state index >= 15 is 0 Å². The molecule has 0 bridgehead atoms. The van der Waals surface area contributed by atoms with Crippen molar-refractivity contribution in [2.75, 3.05) is 37.4 Å². The fourth-order valence-corrected chi connectivity index (χ4v) is 2.57. The number of piperidine rings is 1. The molecule has 1 aliphatic heterocycles. The molecule has 3 heterocycles. The SMILES string of the molecule is CN(C)c1cc(NC2CCN(Cc3ncno3)CC2)ncn1. The van der Waals surface area contributed by atoms with Gasteiger partial charge in [-0.3, -0.25) is 4.90 Å². The number of rotatable bonds is 5. The van der Waals surface area contributed by atoms with Crippen LogP contribution in [0.5, 0.6) is 0 Å². The number of likely N-dealkylation sites (tertiary alicyclic amines) is 1. The third-order valence-electron chi connectivity index (χ3n) is 3.82. The molecule has 0 radical (unpaired) electrons. The van der Waals surface area contributed by atoms with Crippen LogP contribution in [0.2, 0.25) is 0 Å². The third kappa shape index (κ3) is 3.70. The van der Waals surface area contributed by atoms with Gasteiger partial charge in [0.05, 0.1) is 6.54 Å². The maximum absolute atomic E-state index is 5.05. The Morgan fingerprint density at radius 1 is 1.23 bits per heavy atom. The van der Waals surface area contributed by atoms with E-state index in [-0.39, 0.29) is 0 Å². The summed E-state index contributed by atoms with van der Waals surface area (Å²) >= 11 is 0. The van der Waals surface area contributed by atoms with E-state index in [4.69, 9.17) is 4.52 Å². The van der Waals surface area contributed by atoms with Gasteiger partial charge in [0, 0.05) is 39.3 Å². The fraction of sp³-hybridized carbons (Fsp3) is 0.571. The van der Waals surface area contributed by atoms with Crippen molar-refractivity contribution in [3.8, 4) is 0 Å². The Hall–Kier alpha value is -2.22. The highest BCUT2D eigenvalue weighted by atomic mass is 16.5. The van der Waals surface area contributed by atoms with E-state index in [0.29, 0.717) is 11.9 Å². The lowest BCUT2D eigenvalue weighted by atomic mass is 10.1. The summed E-state index contributed by atoms with van der Waals surface area (Å²) in [4.78, 5) is 16.9. The van der Waals surface area contributed by atoms with E-state index in [1.54, 1.807) is 6.33 Å². The fourth-order valence-electron chi connectivity index (χ4n) is 2.57. The van der Waals surface area contributed by atoms with Gasteiger partial charge >= 0.3 is 0 Å². The molecule has 118 valence electrons. The third-order valence-corrected chi connectivity index (χ3v) is 3.82. The minimum absolute atomic E-state index is 0.434. The van der Waals surface area contributed by atoms with Crippen molar-refractivity contribution < 1.29 is 4.52 Å². The van der Waals surface area contributed by atoms with Gasteiger partial charge in [-0.05, 0) is 12.8 Å². The Morgan fingerprint density at radius 2 is 2.05 bits per heavy atom.